The number of carboxylic acid groups (broad SMARTS) is 1. The van der Waals surface area contributed by atoms with Crippen molar-refractivity contribution in [1.29, 1.82) is 5.26 Å². The zero-order valence-corrected chi connectivity index (χ0v) is 17.7. The maximum atomic E-state index is 10.9. The van der Waals surface area contributed by atoms with E-state index in [1.165, 1.54) is 0 Å². The number of hydrogen-bond acceptors (Lipinski definition) is 5. The Morgan fingerprint density at radius 1 is 1.09 bits per heavy atom. The lowest BCUT2D eigenvalue weighted by atomic mass is 9.91. The lowest BCUT2D eigenvalue weighted by Crippen LogP contribution is -2.49. The molecule has 1 heterocycles. The zero-order chi connectivity index (χ0) is 22.6. The van der Waals surface area contributed by atoms with Gasteiger partial charge in [-0.15, -0.1) is 0 Å². The molecular formula is C26H23NO5. The molecule has 3 aromatic rings. The molecule has 162 valence electrons. The topological polar surface area (TPSA) is 88.8 Å². The molecule has 1 aliphatic heterocycles. The van der Waals surface area contributed by atoms with Gasteiger partial charge in [0.2, 0.25) is 0 Å². The van der Waals surface area contributed by atoms with Gasteiger partial charge in [-0.25, -0.2) is 4.79 Å². The Morgan fingerprint density at radius 3 is 2.41 bits per heavy atom. The van der Waals surface area contributed by atoms with Gasteiger partial charge in [0.1, 0.15) is 24.6 Å². The summed E-state index contributed by atoms with van der Waals surface area (Å²) in [6.45, 7) is 2.79. The molecular weight excluding hydrogens is 406 g/mol. The van der Waals surface area contributed by atoms with E-state index in [2.05, 4.69) is 19.1 Å². The molecule has 0 aliphatic carbocycles. The van der Waals surface area contributed by atoms with Gasteiger partial charge in [0.25, 0.3) is 0 Å². The van der Waals surface area contributed by atoms with Crippen LogP contribution in [0.4, 0.5) is 0 Å². The van der Waals surface area contributed by atoms with Gasteiger partial charge in [-0.3, -0.25) is 0 Å². The number of aliphatic carboxylic acids is 1. The van der Waals surface area contributed by atoms with Crippen LogP contribution in [-0.4, -0.2) is 30.9 Å². The summed E-state index contributed by atoms with van der Waals surface area (Å²) >= 11 is 0. The monoisotopic (exact) mass is 429 g/mol. The summed E-state index contributed by atoms with van der Waals surface area (Å²) in [6, 6.07) is 23.3. The highest BCUT2D eigenvalue weighted by molar-refractivity contribution is 5.69. The molecule has 0 aromatic heterocycles. The molecule has 32 heavy (non-hydrogen) atoms. The summed E-state index contributed by atoms with van der Waals surface area (Å²) < 4.78 is 16.9. The fourth-order valence-electron chi connectivity index (χ4n) is 3.71. The van der Waals surface area contributed by atoms with Crippen LogP contribution in [0.5, 0.6) is 5.75 Å². The second kappa shape index (κ2) is 9.23. The van der Waals surface area contributed by atoms with Gasteiger partial charge < -0.3 is 19.3 Å². The maximum Gasteiger partial charge on any atom is 0.329 e. The highest BCUT2D eigenvalue weighted by Crippen LogP contribution is 2.35. The number of rotatable bonds is 8. The van der Waals surface area contributed by atoms with Crippen LogP contribution in [0.15, 0.2) is 66.7 Å². The molecule has 0 amide bonds. The summed E-state index contributed by atoms with van der Waals surface area (Å²) in [7, 11) is 0. The fourth-order valence-corrected chi connectivity index (χ4v) is 3.71. The van der Waals surface area contributed by atoms with Crippen molar-refractivity contribution in [3.63, 3.8) is 0 Å². The van der Waals surface area contributed by atoms with Crippen molar-refractivity contribution in [3.8, 4) is 22.9 Å². The van der Waals surface area contributed by atoms with Crippen LogP contribution in [0.25, 0.3) is 11.1 Å². The van der Waals surface area contributed by atoms with Crippen molar-refractivity contribution in [1.82, 2.24) is 0 Å². The Bertz CT molecular complexity index is 1140. The van der Waals surface area contributed by atoms with E-state index < -0.39 is 11.6 Å². The van der Waals surface area contributed by atoms with Crippen molar-refractivity contribution in [2.24, 2.45) is 0 Å². The van der Waals surface area contributed by atoms with Crippen LogP contribution in [0, 0.1) is 18.3 Å². The van der Waals surface area contributed by atoms with E-state index in [0.29, 0.717) is 31.1 Å². The van der Waals surface area contributed by atoms with Crippen molar-refractivity contribution in [2.75, 3.05) is 19.8 Å². The molecule has 0 radical (unpaired) electrons. The summed E-state index contributed by atoms with van der Waals surface area (Å²) in [5.74, 6) is -0.291. The molecule has 3 aromatic carbocycles. The van der Waals surface area contributed by atoms with E-state index in [1.54, 1.807) is 0 Å². The number of carboxylic acids is 1. The first-order chi connectivity index (χ1) is 15.5. The first-order valence-corrected chi connectivity index (χ1v) is 10.3. The average Bonchev–Trinajstić information content (AvgIpc) is 2.78. The lowest BCUT2D eigenvalue weighted by molar-refractivity contribution is -0.220. The smallest absolute Gasteiger partial charge is 0.329 e. The van der Waals surface area contributed by atoms with Crippen molar-refractivity contribution in [3.05, 3.63) is 89.0 Å². The van der Waals surface area contributed by atoms with Gasteiger partial charge >= 0.3 is 5.97 Å². The molecule has 6 heteroatoms. The average molecular weight is 429 g/mol. The Kier molecular flexibility index (Phi) is 6.22. The third-order valence-corrected chi connectivity index (χ3v) is 5.69. The SMILES string of the molecule is Cc1c(COc2ccc(C3(OCC(=O)O)COC3)cc2)cccc1-c1ccc(C#N)cc1. The molecule has 0 bridgehead atoms. The third-order valence-electron chi connectivity index (χ3n) is 5.69. The van der Waals surface area contributed by atoms with Crippen LogP contribution < -0.4 is 4.74 Å². The Hall–Kier alpha value is -3.66. The normalized spacial score (nSPS) is 14.2. The predicted octanol–water partition coefficient (Wildman–Crippen LogP) is 4.44. The highest BCUT2D eigenvalue weighted by atomic mass is 16.6. The second-order valence-electron chi connectivity index (χ2n) is 7.76. The molecule has 4 rings (SSSR count). The lowest BCUT2D eigenvalue weighted by Gasteiger charge is -2.41. The van der Waals surface area contributed by atoms with Crippen molar-refractivity contribution < 1.29 is 24.1 Å². The summed E-state index contributed by atoms with van der Waals surface area (Å²) in [5, 5.41) is 17.9. The van der Waals surface area contributed by atoms with E-state index >= 15 is 0 Å². The molecule has 0 unspecified atom stereocenters. The van der Waals surface area contributed by atoms with Gasteiger partial charge in [0.15, 0.2) is 0 Å². The molecule has 1 N–H and O–H groups in total. The van der Waals surface area contributed by atoms with E-state index in [1.807, 2.05) is 60.7 Å². The number of carbonyl (C=O) groups is 1. The van der Waals surface area contributed by atoms with E-state index in [-0.39, 0.29) is 6.61 Å². The molecule has 6 nitrogen and oxygen atoms in total. The molecule has 0 atom stereocenters. The summed E-state index contributed by atoms with van der Waals surface area (Å²) in [6.07, 6.45) is 0. The molecule has 1 aliphatic rings. The minimum Gasteiger partial charge on any atom is -0.489 e. The number of nitrogens with zero attached hydrogens (tertiary/aromatic N) is 1. The van der Waals surface area contributed by atoms with Gasteiger partial charge in [-0.05, 0) is 59.0 Å². The first kappa shape index (κ1) is 21.6. The quantitative estimate of drug-likeness (QED) is 0.570. The number of nitriles is 1. The fraction of sp³-hybridized carbons (Fsp3) is 0.231. The van der Waals surface area contributed by atoms with E-state index in [9.17, 15) is 4.79 Å². The molecule has 0 spiro atoms. The Labute approximate surface area is 186 Å². The second-order valence-corrected chi connectivity index (χ2v) is 7.76. The van der Waals surface area contributed by atoms with Gasteiger partial charge in [-0.2, -0.15) is 5.26 Å². The largest absolute Gasteiger partial charge is 0.489 e. The first-order valence-electron chi connectivity index (χ1n) is 10.3. The minimum atomic E-state index is -1.00. The van der Waals surface area contributed by atoms with Crippen LogP contribution in [0.2, 0.25) is 0 Å². The van der Waals surface area contributed by atoms with E-state index in [4.69, 9.17) is 24.6 Å². The third kappa shape index (κ3) is 4.50. The standard InChI is InChI=1S/C26H23NO5/c1-18-21(3-2-4-24(18)20-7-5-19(13-27)6-8-20)14-31-23-11-9-22(10-12-23)26(16-30-17-26)32-15-25(28)29/h2-12H,14-17H2,1H3,(H,28,29). The molecule has 0 saturated carbocycles. The van der Waals surface area contributed by atoms with Crippen LogP contribution in [0.1, 0.15) is 22.3 Å². The minimum absolute atomic E-state index is 0.335. The van der Waals surface area contributed by atoms with E-state index in [0.717, 1.165) is 27.8 Å². The Morgan fingerprint density at radius 2 is 1.81 bits per heavy atom. The van der Waals surface area contributed by atoms with Crippen LogP contribution in [-0.2, 0) is 26.5 Å². The van der Waals surface area contributed by atoms with Crippen molar-refractivity contribution in [2.45, 2.75) is 19.1 Å². The van der Waals surface area contributed by atoms with Gasteiger partial charge in [0.05, 0.1) is 24.8 Å². The zero-order valence-electron chi connectivity index (χ0n) is 17.7. The highest BCUT2D eigenvalue weighted by Gasteiger charge is 2.42. The Balaban J connectivity index is 1.45. The molecule has 1 fully saturated rings. The predicted molar refractivity (Wildman–Crippen MR) is 118 cm³/mol. The van der Waals surface area contributed by atoms with Crippen LogP contribution in [0.3, 0.4) is 0 Å². The maximum absolute atomic E-state index is 10.9. The molecule has 1 saturated heterocycles. The summed E-state index contributed by atoms with van der Waals surface area (Å²) in [4.78, 5) is 10.9. The van der Waals surface area contributed by atoms with Crippen molar-refractivity contribution >= 4 is 5.97 Å². The number of hydrogen-bond donors (Lipinski definition) is 1. The van der Waals surface area contributed by atoms with Crippen LogP contribution >= 0.6 is 0 Å². The number of benzene rings is 3. The van der Waals surface area contributed by atoms with Gasteiger partial charge in [0, 0.05) is 0 Å². The number of ether oxygens (including phenoxy) is 3. The van der Waals surface area contributed by atoms with Gasteiger partial charge in [-0.1, -0.05) is 42.5 Å². The summed E-state index contributed by atoms with van der Waals surface area (Å²) in [5.41, 5.74) is 5.17.